The molecule has 0 aliphatic rings. The molecule has 0 aliphatic heterocycles. The molecule has 2 aromatic rings. The maximum absolute atomic E-state index is 5.86. The molecule has 13 heavy (non-hydrogen) atoms. The van der Waals surface area contributed by atoms with E-state index in [0.717, 1.165) is 29.1 Å². The minimum Gasteiger partial charge on any atom is -0.395 e. The summed E-state index contributed by atoms with van der Waals surface area (Å²) >= 11 is 0. The molecule has 4 nitrogen and oxygen atoms in total. The van der Waals surface area contributed by atoms with Crippen molar-refractivity contribution in [1.82, 2.24) is 14.6 Å². The smallest absolute Gasteiger partial charge is 0.178 e. The summed E-state index contributed by atoms with van der Waals surface area (Å²) in [6.07, 6.45) is 2.72. The summed E-state index contributed by atoms with van der Waals surface area (Å²) in [5.41, 5.74) is 8.39. The summed E-state index contributed by atoms with van der Waals surface area (Å²) in [5.74, 6) is 0.831. The van der Waals surface area contributed by atoms with Crippen LogP contribution in [0.3, 0.4) is 0 Å². The molecular formula is C9H12N4. The Morgan fingerprint density at radius 2 is 2.31 bits per heavy atom. The van der Waals surface area contributed by atoms with Gasteiger partial charge in [-0.2, -0.15) is 5.10 Å². The molecule has 0 atom stereocenters. The van der Waals surface area contributed by atoms with Gasteiger partial charge >= 0.3 is 0 Å². The van der Waals surface area contributed by atoms with Gasteiger partial charge in [0.15, 0.2) is 11.5 Å². The van der Waals surface area contributed by atoms with Crippen LogP contribution in [0.15, 0.2) is 12.3 Å². The van der Waals surface area contributed by atoms with E-state index in [1.165, 1.54) is 0 Å². The number of fused-ring (bicyclic) bond motifs is 1. The number of anilines is 1. The molecule has 0 aromatic carbocycles. The van der Waals surface area contributed by atoms with Crippen molar-refractivity contribution in [2.24, 2.45) is 0 Å². The largest absolute Gasteiger partial charge is 0.395 e. The molecule has 0 saturated carbocycles. The van der Waals surface area contributed by atoms with Crippen LogP contribution in [0, 0.1) is 6.92 Å². The van der Waals surface area contributed by atoms with Crippen LogP contribution in [-0.4, -0.2) is 14.6 Å². The fourth-order valence-electron chi connectivity index (χ4n) is 1.25. The van der Waals surface area contributed by atoms with Crippen molar-refractivity contribution in [1.29, 1.82) is 0 Å². The van der Waals surface area contributed by atoms with E-state index in [0.29, 0.717) is 0 Å². The number of nitrogen functional groups attached to an aromatic ring is 1. The van der Waals surface area contributed by atoms with E-state index in [1.54, 1.807) is 4.52 Å². The van der Waals surface area contributed by atoms with E-state index in [2.05, 4.69) is 10.1 Å². The van der Waals surface area contributed by atoms with Gasteiger partial charge in [-0.3, -0.25) is 0 Å². The van der Waals surface area contributed by atoms with Crippen molar-refractivity contribution in [3.05, 3.63) is 23.7 Å². The van der Waals surface area contributed by atoms with Crippen LogP contribution in [0.4, 0.5) is 5.69 Å². The van der Waals surface area contributed by atoms with E-state index in [-0.39, 0.29) is 0 Å². The topological polar surface area (TPSA) is 56.2 Å². The highest BCUT2D eigenvalue weighted by Crippen LogP contribution is 2.15. The van der Waals surface area contributed by atoms with Crippen molar-refractivity contribution in [2.45, 2.75) is 20.3 Å². The molecule has 0 unspecified atom stereocenters. The Kier molecular flexibility index (Phi) is 1.69. The SMILES string of the molecule is CCc1nc2c(N)c(C)ccn2n1. The molecule has 68 valence electrons. The van der Waals surface area contributed by atoms with Crippen molar-refractivity contribution in [3.63, 3.8) is 0 Å². The van der Waals surface area contributed by atoms with Crippen LogP contribution in [0.2, 0.25) is 0 Å². The van der Waals surface area contributed by atoms with E-state index in [1.807, 2.05) is 26.1 Å². The van der Waals surface area contributed by atoms with E-state index in [9.17, 15) is 0 Å². The second-order valence-electron chi connectivity index (χ2n) is 3.06. The molecule has 0 bridgehead atoms. The minimum absolute atomic E-state index is 0.717. The lowest BCUT2D eigenvalue weighted by Crippen LogP contribution is -1.96. The normalized spacial score (nSPS) is 10.9. The Labute approximate surface area is 76.4 Å². The third kappa shape index (κ3) is 1.14. The summed E-state index contributed by atoms with van der Waals surface area (Å²) in [6.45, 7) is 3.99. The van der Waals surface area contributed by atoms with E-state index < -0.39 is 0 Å². The molecule has 0 spiro atoms. The van der Waals surface area contributed by atoms with Crippen LogP contribution in [0.25, 0.3) is 5.65 Å². The summed E-state index contributed by atoms with van der Waals surface area (Å²) in [6, 6.07) is 1.94. The molecular weight excluding hydrogens is 164 g/mol. The van der Waals surface area contributed by atoms with Crippen LogP contribution in [0.1, 0.15) is 18.3 Å². The predicted molar refractivity (Wildman–Crippen MR) is 51.5 cm³/mol. The van der Waals surface area contributed by atoms with Crippen LogP contribution < -0.4 is 5.73 Å². The summed E-state index contributed by atoms with van der Waals surface area (Å²) < 4.78 is 1.72. The first-order valence-corrected chi connectivity index (χ1v) is 4.32. The first kappa shape index (κ1) is 8.04. The summed E-state index contributed by atoms with van der Waals surface area (Å²) in [5, 5.41) is 4.26. The fraction of sp³-hybridized carbons (Fsp3) is 0.333. The number of aryl methyl sites for hydroxylation is 2. The van der Waals surface area contributed by atoms with Gasteiger partial charge in [-0.15, -0.1) is 0 Å². The van der Waals surface area contributed by atoms with Gasteiger partial charge in [0, 0.05) is 12.6 Å². The van der Waals surface area contributed by atoms with Gasteiger partial charge in [-0.25, -0.2) is 9.50 Å². The monoisotopic (exact) mass is 176 g/mol. The lowest BCUT2D eigenvalue weighted by molar-refractivity contribution is 0.885. The molecule has 0 radical (unpaired) electrons. The molecule has 0 fully saturated rings. The highest BCUT2D eigenvalue weighted by atomic mass is 15.3. The van der Waals surface area contributed by atoms with E-state index >= 15 is 0 Å². The highest BCUT2D eigenvalue weighted by molar-refractivity contribution is 5.67. The summed E-state index contributed by atoms with van der Waals surface area (Å²) in [7, 11) is 0. The quantitative estimate of drug-likeness (QED) is 0.709. The number of rotatable bonds is 1. The first-order chi connectivity index (χ1) is 6.22. The lowest BCUT2D eigenvalue weighted by atomic mass is 10.2. The zero-order valence-corrected chi connectivity index (χ0v) is 7.78. The summed E-state index contributed by atoms with van der Waals surface area (Å²) in [4.78, 5) is 4.32. The minimum atomic E-state index is 0.717. The predicted octanol–water partition coefficient (Wildman–Crippen LogP) is 1.18. The van der Waals surface area contributed by atoms with Gasteiger partial charge in [0.2, 0.25) is 0 Å². The second kappa shape index (κ2) is 2.73. The Morgan fingerprint density at radius 1 is 1.54 bits per heavy atom. The van der Waals surface area contributed by atoms with Gasteiger partial charge in [0.25, 0.3) is 0 Å². The highest BCUT2D eigenvalue weighted by Gasteiger charge is 2.05. The van der Waals surface area contributed by atoms with Gasteiger partial charge in [0.05, 0.1) is 5.69 Å². The molecule has 2 aromatic heterocycles. The number of aromatic nitrogens is 3. The number of nitrogens with two attached hydrogens (primary N) is 1. The average Bonchev–Trinajstić information content (AvgIpc) is 2.55. The van der Waals surface area contributed by atoms with Crippen LogP contribution in [-0.2, 0) is 6.42 Å². The molecule has 4 heteroatoms. The average molecular weight is 176 g/mol. The molecule has 0 amide bonds. The third-order valence-electron chi connectivity index (χ3n) is 2.12. The zero-order valence-electron chi connectivity index (χ0n) is 7.78. The Bertz CT molecular complexity index is 444. The Morgan fingerprint density at radius 3 is 3.00 bits per heavy atom. The van der Waals surface area contributed by atoms with Crippen molar-refractivity contribution >= 4 is 11.3 Å². The van der Waals surface area contributed by atoms with Gasteiger partial charge < -0.3 is 5.73 Å². The lowest BCUT2D eigenvalue weighted by Gasteiger charge is -1.98. The molecule has 2 heterocycles. The molecule has 2 N–H and O–H groups in total. The van der Waals surface area contributed by atoms with Gasteiger partial charge in [0.1, 0.15) is 0 Å². The zero-order chi connectivity index (χ0) is 9.42. The number of nitrogens with zero attached hydrogens (tertiary/aromatic N) is 3. The maximum atomic E-state index is 5.86. The second-order valence-corrected chi connectivity index (χ2v) is 3.06. The van der Waals surface area contributed by atoms with Crippen LogP contribution in [0.5, 0.6) is 0 Å². The van der Waals surface area contributed by atoms with Crippen molar-refractivity contribution in [2.75, 3.05) is 5.73 Å². The molecule has 0 saturated heterocycles. The number of pyridine rings is 1. The Balaban J connectivity index is 2.76. The Hall–Kier alpha value is -1.58. The van der Waals surface area contributed by atoms with Gasteiger partial charge in [-0.1, -0.05) is 6.92 Å². The van der Waals surface area contributed by atoms with Crippen LogP contribution >= 0.6 is 0 Å². The number of hydrogen-bond donors (Lipinski definition) is 1. The molecule has 0 aliphatic carbocycles. The van der Waals surface area contributed by atoms with E-state index in [4.69, 9.17) is 5.73 Å². The van der Waals surface area contributed by atoms with Gasteiger partial charge in [-0.05, 0) is 18.6 Å². The standard InChI is InChI=1S/C9H12N4/c1-3-7-11-9-8(10)6(2)4-5-13(9)12-7/h4-5H,3,10H2,1-2H3. The first-order valence-electron chi connectivity index (χ1n) is 4.32. The third-order valence-corrected chi connectivity index (χ3v) is 2.12. The fourth-order valence-corrected chi connectivity index (χ4v) is 1.25. The van der Waals surface area contributed by atoms with Crippen molar-refractivity contribution < 1.29 is 0 Å². The number of hydrogen-bond acceptors (Lipinski definition) is 3. The maximum Gasteiger partial charge on any atom is 0.178 e. The van der Waals surface area contributed by atoms with Crippen molar-refractivity contribution in [3.8, 4) is 0 Å². The molecule has 2 rings (SSSR count).